The fourth-order valence-corrected chi connectivity index (χ4v) is 2.22. The van der Waals surface area contributed by atoms with Crippen molar-refractivity contribution in [3.05, 3.63) is 34.4 Å². The standard InChI is InChI=1S/C13H18N4O3.ClH/c1-10-9-16(7-6-14-10)13(18)8-15-11-4-2-3-5-12(11)17(19)20;/h2-5,10,14-15H,6-9H2,1H3;1H. The molecule has 1 aromatic carbocycles. The zero-order chi connectivity index (χ0) is 14.5. The Labute approximate surface area is 129 Å². The summed E-state index contributed by atoms with van der Waals surface area (Å²) in [5, 5.41) is 17.0. The number of hydrogen-bond donors (Lipinski definition) is 2. The second-order valence-electron chi connectivity index (χ2n) is 4.82. The Kier molecular flexibility index (Phi) is 6.39. The molecule has 1 aliphatic heterocycles. The first kappa shape index (κ1) is 17.2. The Balaban J connectivity index is 0.00000220. The van der Waals surface area contributed by atoms with Crippen molar-refractivity contribution in [2.75, 3.05) is 31.5 Å². The van der Waals surface area contributed by atoms with Crippen LogP contribution in [0.25, 0.3) is 0 Å². The van der Waals surface area contributed by atoms with Gasteiger partial charge in [0.1, 0.15) is 5.69 Å². The number of hydrogen-bond acceptors (Lipinski definition) is 5. The van der Waals surface area contributed by atoms with E-state index in [9.17, 15) is 14.9 Å². The number of nitrogens with one attached hydrogen (secondary N) is 2. The van der Waals surface area contributed by atoms with Gasteiger partial charge in [-0.2, -0.15) is 0 Å². The molecule has 1 atom stereocenters. The molecular weight excluding hydrogens is 296 g/mol. The molecule has 0 aliphatic carbocycles. The first-order valence-electron chi connectivity index (χ1n) is 6.56. The normalized spacial score (nSPS) is 17.8. The van der Waals surface area contributed by atoms with Crippen molar-refractivity contribution in [2.24, 2.45) is 0 Å². The molecule has 1 amide bonds. The number of halogens is 1. The van der Waals surface area contributed by atoms with E-state index in [1.54, 1.807) is 23.1 Å². The average Bonchev–Trinajstić information content (AvgIpc) is 2.45. The lowest BCUT2D eigenvalue weighted by atomic mass is 10.2. The van der Waals surface area contributed by atoms with Crippen molar-refractivity contribution in [1.82, 2.24) is 10.2 Å². The summed E-state index contributed by atoms with van der Waals surface area (Å²) in [4.78, 5) is 24.2. The van der Waals surface area contributed by atoms with Gasteiger partial charge in [-0.15, -0.1) is 12.4 Å². The highest BCUT2D eigenvalue weighted by molar-refractivity contribution is 5.85. The van der Waals surface area contributed by atoms with E-state index >= 15 is 0 Å². The van der Waals surface area contributed by atoms with Gasteiger partial charge in [-0.3, -0.25) is 14.9 Å². The van der Waals surface area contributed by atoms with Gasteiger partial charge in [0.2, 0.25) is 5.91 Å². The van der Waals surface area contributed by atoms with Gasteiger partial charge in [-0.1, -0.05) is 12.1 Å². The average molecular weight is 315 g/mol. The third kappa shape index (κ3) is 4.57. The zero-order valence-corrected chi connectivity index (χ0v) is 12.6. The van der Waals surface area contributed by atoms with Crippen molar-refractivity contribution >= 4 is 29.7 Å². The van der Waals surface area contributed by atoms with Crippen LogP contribution in [0.15, 0.2) is 24.3 Å². The monoisotopic (exact) mass is 314 g/mol. The third-order valence-electron chi connectivity index (χ3n) is 3.25. The highest BCUT2D eigenvalue weighted by Crippen LogP contribution is 2.22. The summed E-state index contributed by atoms with van der Waals surface area (Å²) in [5.74, 6) is -0.0449. The molecule has 1 unspecified atom stereocenters. The second-order valence-corrected chi connectivity index (χ2v) is 4.82. The molecule has 2 rings (SSSR count). The number of piperazine rings is 1. The van der Waals surface area contributed by atoms with E-state index in [0.29, 0.717) is 18.8 Å². The fraction of sp³-hybridized carbons (Fsp3) is 0.462. The second kappa shape index (κ2) is 7.80. The predicted molar refractivity (Wildman–Crippen MR) is 82.9 cm³/mol. The van der Waals surface area contributed by atoms with Crippen LogP contribution in [0.5, 0.6) is 0 Å². The van der Waals surface area contributed by atoms with E-state index in [1.165, 1.54) is 6.07 Å². The minimum atomic E-state index is -0.459. The number of carbonyl (C=O) groups is 1. The van der Waals surface area contributed by atoms with Crippen LogP contribution in [-0.4, -0.2) is 48.0 Å². The van der Waals surface area contributed by atoms with Crippen LogP contribution in [-0.2, 0) is 4.79 Å². The summed E-state index contributed by atoms with van der Waals surface area (Å²) in [7, 11) is 0. The van der Waals surface area contributed by atoms with Crippen LogP contribution in [0.3, 0.4) is 0 Å². The molecule has 21 heavy (non-hydrogen) atoms. The third-order valence-corrected chi connectivity index (χ3v) is 3.25. The molecule has 8 heteroatoms. The van der Waals surface area contributed by atoms with Gasteiger partial charge in [0.15, 0.2) is 0 Å². The maximum Gasteiger partial charge on any atom is 0.292 e. The first-order valence-corrected chi connectivity index (χ1v) is 6.56. The summed E-state index contributed by atoms with van der Waals surface area (Å²) >= 11 is 0. The highest BCUT2D eigenvalue weighted by Gasteiger charge is 2.21. The van der Waals surface area contributed by atoms with E-state index in [0.717, 1.165) is 6.54 Å². The Morgan fingerprint density at radius 3 is 2.90 bits per heavy atom. The fourth-order valence-electron chi connectivity index (χ4n) is 2.22. The van der Waals surface area contributed by atoms with Gasteiger partial charge >= 0.3 is 0 Å². The Morgan fingerprint density at radius 2 is 2.24 bits per heavy atom. The maximum atomic E-state index is 12.1. The van der Waals surface area contributed by atoms with Crippen LogP contribution >= 0.6 is 12.4 Å². The molecule has 1 fully saturated rings. The number of nitrogens with zero attached hydrogens (tertiary/aromatic N) is 2. The molecule has 7 nitrogen and oxygen atoms in total. The van der Waals surface area contributed by atoms with Crippen LogP contribution in [0.1, 0.15) is 6.92 Å². The quantitative estimate of drug-likeness (QED) is 0.645. The molecule has 2 N–H and O–H groups in total. The number of benzene rings is 1. The minimum absolute atomic E-state index is 0. The van der Waals surface area contributed by atoms with Gasteiger partial charge in [0.05, 0.1) is 11.5 Å². The molecule has 0 radical (unpaired) electrons. The molecule has 0 saturated carbocycles. The van der Waals surface area contributed by atoms with Crippen LogP contribution < -0.4 is 10.6 Å². The number of rotatable bonds is 4. The van der Waals surface area contributed by atoms with Crippen molar-refractivity contribution in [1.29, 1.82) is 0 Å². The summed E-state index contributed by atoms with van der Waals surface area (Å²) in [6.07, 6.45) is 0. The number of amides is 1. The number of nitro groups is 1. The molecular formula is C13H19ClN4O3. The molecule has 0 aromatic heterocycles. The summed E-state index contributed by atoms with van der Waals surface area (Å²) in [6.45, 7) is 4.20. The molecule has 1 heterocycles. The van der Waals surface area contributed by atoms with Gasteiger partial charge in [0.25, 0.3) is 5.69 Å². The van der Waals surface area contributed by atoms with Crippen molar-refractivity contribution < 1.29 is 9.72 Å². The van der Waals surface area contributed by atoms with Crippen molar-refractivity contribution in [3.8, 4) is 0 Å². The predicted octanol–water partition coefficient (Wildman–Crippen LogP) is 1.25. The lowest BCUT2D eigenvalue weighted by Crippen LogP contribution is -2.52. The smallest absolute Gasteiger partial charge is 0.292 e. The van der Waals surface area contributed by atoms with E-state index in [-0.39, 0.29) is 36.6 Å². The molecule has 0 bridgehead atoms. The van der Waals surface area contributed by atoms with E-state index in [1.807, 2.05) is 6.92 Å². The number of anilines is 1. The summed E-state index contributed by atoms with van der Waals surface area (Å²) in [5.41, 5.74) is 0.350. The van der Waals surface area contributed by atoms with Crippen LogP contribution in [0.4, 0.5) is 11.4 Å². The number of para-hydroxylation sites is 2. The van der Waals surface area contributed by atoms with E-state index in [4.69, 9.17) is 0 Å². The van der Waals surface area contributed by atoms with Gasteiger partial charge < -0.3 is 15.5 Å². The Morgan fingerprint density at radius 1 is 1.52 bits per heavy atom. The molecule has 116 valence electrons. The topological polar surface area (TPSA) is 87.5 Å². The largest absolute Gasteiger partial charge is 0.371 e. The summed E-state index contributed by atoms with van der Waals surface area (Å²) in [6, 6.07) is 6.60. The van der Waals surface area contributed by atoms with Crippen LogP contribution in [0, 0.1) is 10.1 Å². The lowest BCUT2D eigenvalue weighted by molar-refractivity contribution is -0.383. The number of carbonyl (C=O) groups excluding carboxylic acids is 1. The summed E-state index contributed by atoms with van der Waals surface area (Å²) < 4.78 is 0. The molecule has 1 aromatic rings. The van der Waals surface area contributed by atoms with E-state index < -0.39 is 4.92 Å². The molecule has 0 spiro atoms. The van der Waals surface area contributed by atoms with Gasteiger partial charge in [-0.25, -0.2) is 0 Å². The lowest BCUT2D eigenvalue weighted by Gasteiger charge is -2.32. The SMILES string of the molecule is CC1CN(C(=O)CNc2ccccc2[N+](=O)[O-])CCN1.Cl. The Bertz CT molecular complexity index is 512. The molecule has 1 aliphatic rings. The zero-order valence-electron chi connectivity index (χ0n) is 11.7. The number of nitro benzene ring substituents is 1. The highest BCUT2D eigenvalue weighted by atomic mass is 35.5. The van der Waals surface area contributed by atoms with E-state index in [2.05, 4.69) is 10.6 Å². The van der Waals surface area contributed by atoms with Gasteiger partial charge in [0, 0.05) is 31.7 Å². The van der Waals surface area contributed by atoms with Gasteiger partial charge in [-0.05, 0) is 13.0 Å². The van der Waals surface area contributed by atoms with Crippen LogP contribution in [0.2, 0.25) is 0 Å². The Hall–Kier alpha value is -1.86. The minimum Gasteiger partial charge on any atom is -0.371 e. The van der Waals surface area contributed by atoms with Crippen molar-refractivity contribution in [3.63, 3.8) is 0 Å². The maximum absolute atomic E-state index is 12.1. The first-order chi connectivity index (χ1) is 9.58. The van der Waals surface area contributed by atoms with Crippen molar-refractivity contribution in [2.45, 2.75) is 13.0 Å². The molecule has 1 saturated heterocycles.